The summed E-state index contributed by atoms with van der Waals surface area (Å²) in [6.45, 7) is 3.46. The van der Waals surface area contributed by atoms with Crippen molar-refractivity contribution in [3.63, 3.8) is 0 Å². The SMILES string of the molecule is CC[C@H](C)NC(=O)CN(c1cc(OC)ccc1OC)S(C)(=O)=O. The monoisotopic (exact) mass is 344 g/mol. The van der Waals surface area contributed by atoms with Crippen LogP contribution < -0.4 is 19.1 Å². The fourth-order valence-electron chi connectivity index (χ4n) is 1.93. The molecule has 0 aromatic heterocycles. The van der Waals surface area contributed by atoms with Gasteiger partial charge in [-0.05, 0) is 25.5 Å². The molecule has 0 saturated heterocycles. The van der Waals surface area contributed by atoms with Crippen molar-refractivity contribution in [1.82, 2.24) is 5.32 Å². The largest absolute Gasteiger partial charge is 0.497 e. The topological polar surface area (TPSA) is 84.9 Å². The number of carbonyl (C=O) groups excluding carboxylic acids is 1. The van der Waals surface area contributed by atoms with Crippen LogP contribution in [0.3, 0.4) is 0 Å². The molecule has 0 radical (unpaired) electrons. The summed E-state index contributed by atoms with van der Waals surface area (Å²) in [6.07, 6.45) is 1.80. The van der Waals surface area contributed by atoms with E-state index in [2.05, 4.69) is 5.32 Å². The highest BCUT2D eigenvalue weighted by Crippen LogP contribution is 2.33. The zero-order chi connectivity index (χ0) is 17.6. The molecule has 0 aliphatic carbocycles. The number of carbonyl (C=O) groups is 1. The lowest BCUT2D eigenvalue weighted by Gasteiger charge is -2.25. The smallest absolute Gasteiger partial charge is 0.240 e. The van der Waals surface area contributed by atoms with Crippen LogP contribution in [0.4, 0.5) is 5.69 Å². The predicted molar refractivity (Wildman–Crippen MR) is 89.6 cm³/mol. The first-order valence-electron chi connectivity index (χ1n) is 7.22. The number of nitrogens with one attached hydrogen (secondary N) is 1. The zero-order valence-corrected chi connectivity index (χ0v) is 14.9. The van der Waals surface area contributed by atoms with Crippen LogP contribution in [0.15, 0.2) is 18.2 Å². The maximum atomic E-state index is 12.1. The maximum absolute atomic E-state index is 12.1. The van der Waals surface area contributed by atoms with E-state index in [1.165, 1.54) is 20.3 Å². The number of ether oxygens (including phenoxy) is 2. The summed E-state index contributed by atoms with van der Waals surface area (Å²) in [6, 6.07) is 4.74. The van der Waals surface area contributed by atoms with Gasteiger partial charge in [-0.15, -0.1) is 0 Å². The van der Waals surface area contributed by atoms with Gasteiger partial charge in [-0.25, -0.2) is 8.42 Å². The van der Waals surface area contributed by atoms with E-state index in [4.69, 9.17) is 9.47 Å². The van der Waals surface area contributed by atoms with E-state index in [9.17, 15) is 13.2 Å². The van der Waals surface area contributed by atoms with Crippen molar-refractivity contribution in [2.24, 2.45) is 0 Å². The Balaban J connectivity index is 3.20. The summed E-state index contributed by atoms with van der Waals surface area (Å²) in [4.78, 5) is 12.1. The predicted octanol–water partition coefficient (Wildman–Crippen LogP) is 1.38. The van der Waals surface area contributed by atoms with Gasteiger partial charge >= 0.3 is 0 Å². The van der Waals surface area contributed by atoms with Gasteiger partial charge in [0.25, 0.3) is 0 Å². The molecule has 0 fully saturated rings. The fraction of sp³-hybridized carbons (Fsp3) is 0.533. The van der Waals surface area contributed by atoms with Crippen LogP contribution in [0.1, 0.15) is 20.3 Å². The molecule has 23 heavy (non-hydrogen) atoms. The minimum absolute atomic E-state index is 0.0314. The maximum Gasteiger partial charge on any atom is 0.240 e. The molecule has 1 aromatic rings. The molecule has 0 saturated carbocycles. The molecule has 1 N–H and O–H groups in total. The van der Waals surface area contributed by atoms with Crippen molar-refractivity contribution in [3.05, 3.63) is 18.2 Å². The highest BCUT2D eigenvalue weighted by molar-refractivity contribution is 7.92. The summed E-state index contributed by atoms with van der Waals surface area (Å²) >= 11 is 0. The highest BCUT2D eigenvalue weighted by Gasteiger charge is 2.25. The third-order valence-electron chi connectivity index (χ3n) is 3.36. The normalized spacial score (nSPS) is 12.4. The van der Waals surface area contributed by atoms with Crippen LogP contribution in [-0.4, -0.2) is 47.4 Å². The average molecular weight is 344 g/mol. The van der Waals surface area contributed by atoms with E-state index in [1.807, 2.05) is 13.8 Å². The van der Waals surface area contributed by atoms with Crippen LogP contribution in [0.25, 0.3) is 0 Å². The zero-order valence-electron chi connectivity index (χ0n) is 14.1. The van der Waals surface area contributed by atoms with Crippen molar-refractivity contribution >= 4 is 21.6 Å². The molecule has 8 heteroatoms. The van der Waals surface area contributed by atoms with Crippen LogP contribution >= 0.6 is 0 Å². The Labute approximate surface area is 137 Å². The second-order valence-electron chi connectivity index (χ2n) is 5.18. The lowest BCUT2D eigenvalue weighted by Crippen LogP contribution is -2.43. The molecule has 0 spiro atoms. The first kappa shape index (κ1) is 19.1. The molecule has 0 heterocycles. The molecule has 7 nitrogen and oxygen atoms in total. The van der Waals surface area contributed by atoms with Gasteiger partial charge in [0.15, 0.2) is 0 Å². The first-order chi connectivity index (χ1) is 10.7. The molecule has 1 atom stereocenters. The molecule has 0 aliphatic heterocycles. The van der Waals surface area contributed by atoms with Crippen LogP contribution in [0.2, 0.25) is 0 Å². The number of nitrogens with zero attached hydrogens (tertiary/aromatic N) is 1. The highest BCUT2D eigenvalue weighted by atomic mass is 32.2. The quantitative estimate of drug-likeness (QED) is 0.770. The van der Waals surface area contributed by atoms with E-state index in [-0.39, 0.29) is 24.2 Å². The van der Waals surface area contributed by atoms with E-state index in [0.717, 1.165) is 17.0 Å². The lowest BCUT2D eigenvalue weighted by atomic mass is 10.2. The van der Waals surface area contributed by atoms with Gasteiger partial charge in [0.1, 0.15) is 18.0 Å². The van der Waals surface area contributed by atoms with Gasteiger partial charge in [0.2, 0.25) is 15.9 Å². The van der Waals surface area contributed by atoms with Crippen molar-refractivity contribution in [2.75, 3.05) is 31.3 Å². The number of anilines is 1. The Morgan fingerprint density at radius 1 is 1.30 bits per heavy atom. The fourth-order valence-corrected chi connectivity index (χ4v) is 2.78. The van der Waals surface area contributed by atoms with Gasteiger partial charge < -0.3 is 14.8 Å². The Morgan fingerprint density at radius 3 is 2.43 bits per heavy atom. The second kappa shape index (κ2) is 8.05. The number of methoxy groups -OCH3 is 2. The van der Waals surface area contributed by atoms with Gasteiger partial charge in [-0.1, -0.05) is 6.92 Å². The molecule has 130 valence electrons. The summed E-state index contributed by atoms with van der Waals surface area (Å²) < 4.78 is 35.6. The van der Waals surface area contributed by atoms with Gasteiger partial charge in [-0.3, -0.25) is 9.10 Å². The second-order valence-corrected chi connectivity index (χ2v) is 7.09. The molecule has 0 bridgehead atoms. The summed E-state index contributed by atoms with van der Waals surface area (Å²) in [7, 11) is -0.762. The van der Waals surface area contributed by atoms with Crippen LogP contribution in [0, 0.1) is 0 Å². The molecular formula is C15H24N2O5S. The van der Waals surface area contributed by atoms with E-state index in [0.29, 0.717) is 11.5 Å². The third kappa shape index (κ3) is 5.31. The van der Waals surface area contributed by atoms with Crippen molar-refractivity contribution in [3.8, 4) is 11.5 Å². The van der Waals surface area contributed by atoms with E-state index in [1.54, 1.807) is 12.1 Å². The van der Waals surface area contributed by atoms with Gasteiger partial charge in [0, 0.05) is 12.1 Å². The molecule has 0 unspecified atom stereocenters. The first-order valence-corrected chi connectivity index (χ1v) is 9.06. The Kier molecular flexibility index (Phi) is 6.68. The van der Waals surface area contributed by atoms with Crippen molar-refractivity contribution in [1.29, 1.82) is 0 Å². The molecular weight excluding hydrogens is 320 g/mol. The number of sulfonamides is 1. The molecule has 1 aromatic carbocycles. The minimum atomic E-state index is -3.68. The lowest BCUT2D eigenvalue weighted by molar-refractivity contribution is -0.120. The summed E-state index contributed by atoms with van der Waals surface area (Å²) in [5, 5.41) is 2.75. The number of benzene rings is 1. The Morgan fingerprint density at radius 2 is 1.96 bits per heavy atom. The van der Waals surface area contributed by atoms with Crippen molar-refractivity contribution < 1.29 is 22.7 Å². The van der Waals surface area contributed by atoms with Crippen LogP contribution in [-0.2, 0) is 14.8 Å². The van der Waals surface area contributed by atoms with E-state index >= 15 is 0 Å². The summed E-state index contributed by atoms with van der Waals surface area (Å²) in [5.74, 6) is 0.430. The van der Waals surface area contributed by atoms with Crippen LogP contribution in [0.5, 0.6) is 11.5 Å². The molecule has 0 aliphatic rings. The molecule has 1 amide bonds. The van der Waals surface area contributed by atoms with Gasteiger partial charge in [0.05, 0.1) is 26.2 Å². The van der Waals surface area contributed by atoms with Gasteiger partial charge in [-0.2, -0.15) is 0 Å². The summed E-state index contributed by atoms with van der Waals surface area (Å²) in [5.41, 5.74) is 0.258. The number of amides is 1. The average Bonchev–Trinajstić information content (AvgIpc) is 2.50. The number of rotatable bonds is 8. The van der Waals surface area contributed by atoms with Crippen molar-refractivity contribution in [2.45, 2.75) is 26.3 Å². The Hall–Kier alpha value is -1.96. The number of hydrogen-bond donors (Lipinski definition) is 1. The Bertz CT molecular complexity index is 645. The minimum Gasteiger partial charge on any atom is -0.497 e. The third-order valence-corrected chi connectivity index (χ3v) is 4.49. The molecule has 1 rings (SSSR count). The number of hydrogen-bond acceptors (Lipinski definition) is 5. The van der Waals surface area contributed by atoms with E-state index < -0.39 is 10.0 Å². The standard InChI is InChI=1S/C15H24N2O5S/c1-6-11(2)16-15(18)10-17(23(5,19)20)13-9-12(21-3)7-8-14(13)22-4/h7-9,11H,6,10H2,1-5H3,(H,16,18)/t11-/m0/s1.